The zero-order chi connectivity index (χ0) is 24.6. The van der Waals surface area contributed by atoms with E-state index < -0.39 is 0 Å². The van der Waals surface area contributed by atoms with E-state index in [1.807, 2.05) is 48.5 Å². The summed E-state index contributed by atoms with van der Waals surface area (Å²) in [6.07, 6.45) is 9.03. The van der Waals surface area contributed by atoms with Crippen LogP contribution >= 0.6 is 0 Å². The van der Waals surface area contributed by atoms with Crippen LogP contribution in [0.3, 0.4) is 0 Å². The van der Waals surface area contributed by atoms with Gasteiger partial charge in [0.25, 0.3) is 0 Å². The lowest BCUT2D eigenvalue weighted by Gasteiger charge is -2.39. The van der Waals surface area contributed by atoms with Crippen molar-refractivity contribution in [1.29, 1.82) is 0 Å². The Morgan fingerprint density at radius 2 is 1.77 bits per heavy atom. The van der Waals surface area contributed by atoms with Crippen LogP contribution in [0.15, 0.2) is 65.9 Å². The average Bonchev–Trinajstić information content (AvgIpc) is 2.79. The van der Waals surface area contributed by atoms with Gasteiger partial charge in [0.2, 0.25) is 5.91 Å². The summed E-state index contributed by atoms with van der Waals surface area (Å²) in [5, 5.41) is 6.13. The van der Waals surface area contributed by atoms with Crippen LogP contribution in [-0.4, -0.2) is 36.7 Å². The molecular weight excluding hydrogens is 436 g/mol. The molecule has 1 aliphatic heterocycles. The lowest BCUT2D eigenvalue weighted by atomic mass is 9.72. The Morgan fingerprint density at radius 1 is 1.06 bits per heavy atom. The second-order valence-corrected chi connectivity index (χ2v) is 9.83. The SMILES string of the molecule is C=C(/N=C\CC(N)c1ccc(NC(=O)CN2CCC(C3CCC3)CC2)cc1)Nc1cccc(N)c1. The van der Waals surface area contributed by atoms with Crippen molar-refractivity contribution in [2.24, 2.45) is 22.6 Å². The molecular formula is C28H38N6O. The Balaban J connectivity index is 1.17. The molecule has 0 bridgehead atoms. The number of carbonyl (C=O) groups is 1. The van der Waals surface area contributed by atoms with Gasteiger partial charge in [-0.05, 0) is 73.7 Å². The van der Waals surface area contributed by atoms with Crippen LogP contribution in [0, 0.1) is 11.8 Å². The number of nitrogen functional groups attached to an aromatic ring is 1. The Bertz CT molecular complexity index is 1020. The van der Waals surface area contributed by atoms with E-state index >= 15 is 0 Å². The van der Waals surface area contributed by atoms with Gasteiger partial charge in [-0.2, -0.15) is 0 Å². The molecule has 0 radical (unpaired) electrons. The molecule has 2 fully saturated rings. The van der Waals surface area contributed by atoms with E-state index in [0.29, 0.717) is 24.5 Å². The molecule has 186 valence electrons. The Hall–Kier alpha value is -3.16. The molecule has 6 N–H and O–H groups in total. The van der Waals surface area contributed by atoms with Crippen LogP contribution in [0.5, 0.6) is 0 Å². The van der Waals surface area contributed by atoms with Crippen molar-refractivity contribution < 1.29 is 4.79 Å². The summed E-state index contributed by atoms with van der Waals surface area (Å²) < 4.78 is 0. The molecule has 0 aromatic heterocycles. The van der Waals surface area contributed by atoms with Gasteiger partial charge >= 0.3 is 0 Å². The molecule has 1 atom stereocenters. The standard InChI is InChI=1S/C28H38N6O/c1-20(32-26-7-3-6-24(29)18-26)31-15-12-27(30)23-8-10-25(11-9-23)33-28(35)19-34-16-13-22(14-17-34)21-4-2-5-21/h3,6-11,15,18,21-22,27,32H,1-2,4-5,12-14,16-17,19,29-30H2,(H,33,35)/b31-15-. The third kappa shape index (κ3) is 7.41. The Kier molecular flexibility index (Phi) is 8.55. The van der Waals surface area contributed by atoms with E-state index in [2.05, 4.69) is 27.1 Å². The van der Waals surface area contributed by atoms with Gasteiger partial charge in [-0.1, -0.05) is 44.0 Å². The zero-order valence-corrected chi connectivity index (χ0v) is 20.5. The van der Waals surface area contributed by atoms with Crippen molar-refractivity contribution in [3.63, 3.8) is 0 Å². The summed E-state index contributed by atoms with van der Waals surface area (Å²) >= 11 is 0. The molecule has 0 spiro atoms. The minimum atomic E-state index is -0.194. The number of aliphatic imine (C=N–C) groups is 1. The van der Waals surface area contributed by atoms with Crippen molar-refractivity contribution in [3.05, 3.63) is 66.5 Å². The summed E-state index contributed by atoms with van der Waals surface area (Å²) in [5.41, 5.74) is 15.4. The molecule has 7 heteroatoms. The minimum Gasteiger partial charge on any atom is -0.399 e. The maximum absolute atomic E-state index is 12.5. The third-order valence-electron chi connectivity index (χ3n) is 7.22. The monoisotopic (exact) mass is 474 g/mol. The molecule has 35 heavy (non-hydrogen) atoms. The number of piperidine rings is 1. The normalized spacial score (nSPS) is 18.2. The summed E-state index contributed by atoms with van der Waals surface area (Å²) in [7, 11) is 0. The molecule has 2 aromatic rings. The first-order valence-electron chi connectivity index (χ1n) is 12.7. The largest absolute Gasteiger partial charge is 0.399 e. The minimum absolute atomic E-state index is 0.0439. The fourth-order valence-electron chi connectivity index (χ4n) is 4.94. The predicted molar refractivity (Wildman–Crippen MR) is 145 cm³/mol. The number of nitrogens with one attached hydrogen (secondary N) is 2. The lowest BCUT2D eigenvalue weighted by Crippen LogP contribution is -2.41. The summed E-state index contributed by atoms with van der Waals surface area (Å²) in [6.45, 7) is 6.44. The van der Waals surface area contributed by atoms with Crippen LogP contribution in [0.4, 0.5) is 17.1 Å². The number of rotatable bonds is 10. The number of nitrogens with zero attached hydrogens (tertiary/aromatic N) is 2. The number of carbonyl (C=O) groups excluding carboxylic acids is 1. The van der Waals surface area contributed by atoms with Gasteiger partial charge in [0.15, 0.2) is 0 Å². The highest BCUT2D eigenvalue weighted by Crippen LogP contribution is 2.38. The molecule has 1 amide bonds. The first kappa shape index (κ1) is 24.9. The quantitative estimate of drug-likeness (QED) is 0.293. The van der Waals surface area contributed by atoms with E-state index in [1.54, 1.807) is 6.21 Å². The second kappa shape index (κ2) is 12.0. The Morgan fingerprint density at radius 3 is 2.43 bits per heavy atom. The number of hydrogen-bond acceptors (Lipinski definition) is 6. The maximum Gasteiger partial charge on any atom is 0.238 e. The van der Waals surface area contributed by atoms with Crippen molar-refractivity contribution in [3.8, 4) is 0 Å². The number of nitrogens with two attached hydrogens (primary N) is 2. The van der Waals surface area contributed by atoms with E-state index in [1.165, 1.54) is 32.1 Å². The van der Waals surface area contributed by atoms with Crippen LogP contribution in [0.1, 0.15) is 50.1 Å². The highest BCUT2D eigenvalue weighted by molar-refractivity contribution is 5.92. The fraction of sp³-hybridized carbons (Fsp3) is 0.429. The van der Waals surface area contributed by atoms with Crippen LogP contribution in [-0.2, 0) is 4.79 Å². The number of amides is 1. The van der Waals surface area contributed by atoms with Gasteiger partial charge in [0.05, 0.1) is 6.54 Å². The predicted octanol–water partition coefficient (Wildman–Crippen LogP) is 4.76. The molecule has 1 saturated heterocycles. The molecule has 2 aliphatic rings. The van der Waals surface area contributed by atoms with Crippen molar-refractivity contribution >= 4 is 29.2 Å². The molecule has 4 rings (SSSR count). The second-order valence-electron chi connectivity index (χ2n) is 9.83. The van der Waals surface area contributed by atoms with Crippen LogP contribution in [0.25, 0.3) is 0 Å². The van der Waals surface area contributed by atoms with E-state index in [-0.39, 0.29) is 11.9 Å². The molecule has 1 aliphatic carbocycles. The highest BCUT2D eigenvalue weighted by atomic mass is 16.2. The molecule has 2 aromatic carbocycles. The van der Waals surface area contributed by atoms with Crippen molar-refractivity contribution in [2.75, 3.05) is 36.0 Å². The van der Waals surface area contributed by atoms with Crippen LogP contribution in [0.2, 0.25) is 0 Å². The smallest absolute Gasteiger partial charge is 0.238 e. The average molecular weight is 475 g/mol. The van der Waals surface area contributed by atoms with Gasteiger partial charge in [-0.3, -0.25) is 9.69 Å². The van der Waals surface area contributed by atoms with E-state index in [9.17, 15) is 4.79 Å². The van der Waals surface area contributed by atoms with Crippen molar-refractivity contribution in [1.82, 2.24) is 4.90 Å². The number of likely N-dealkylation sites (tertiary alicyclic amines) is 1. The maximum atomic E-state index is 12.5. The Labute approximate surface area is 208 Å². The first-order chi connectivity index (χ1) is 17.0. The highest BCUT2D eigenvalue weighted by Gasteiger charge is 2.30. The molecule has 1 saturated carbocycles. The molecule has 1 unspecified atom stereocenters. The summed E-state index contributed by atoms with van der Waals surface area (Å²) in [4.78, 5) is 19.1. The first-order valence-corrected chi connectivity index (χ1v) is 12.7. The fourth-order valence-corrected chi connectivity index (χ4v) is 4.94. The van der Waals surface area contributed by atoms with Gasteiger partial charge in [0.1, 0.15) is 5.82 Å². The van der Waals surface area contributed by atoms with Crippen molar-refractivity contribution in [2.45, 2.75) is 44.6 Å². The lowest BCUT2D eigenvalue weighted by molar-refractivity contribution is -0.117. The van der Waals surface area contributed by atoms with E-state index in [4.69, 9.17) is 11.5 Å². The van der Waals surface area contributed by atoms with Gasteiger partial charge in [-0.15, -0.1) is 0 Å². The topological polar surface area (TPSA) is 109 Å². The van der Waals surface area contributed by atoms with Gasteiger partial charge < -0.3 is 22.1 Å². The summed E-state index contributed by atoms with van der Waals surface area (Å²) in [5.74, 6) is 2.39. The van der Waals surface area contributed by atoms with E-state index in [0.717, 1.165) is 41.9 Å². The van der Waals surface area contributed by atoms with Crippen LogP contribution < -0.4 is 22.1 Å². The third-order valence-corrected chi connectivity index (χ3v) is 7.22. The molecule has 7 nitrogen and oxygen atoms in total. The number of anilines is 3. The number of hydrogen-bond donors (Lipinski definition) is 4. The molecule has 1 heterocycles. The summed E-state index contributed by atoms with van der Waals surface area (Å²) in [6, 6.07) is 15.0. The zero-order valence-electron chi connectivity index (χ0n) is 20.5. The van der Waals surface area contributed by atoms with Gasteiger partial charge in [-0.25, -0.2) is 4.99 Å². The number of benzene rings is 2. The van der Waals surface area contributed by atoms with Gasteiger partial charge in [0, 0.05) is 35.7 Å².